The summed E-state index contributed by atoms with van der Waals surface area (Å²) in [6, 6.07) is 15.5. The van der Waals surface area contributed by atoms with Crippen LogP contribution in [0.1, 0.15) is 24.2 Å². The largest absolute Gasteiger partial charge is 0.456 e. The molecule has 0 spiro atoms. The summed E-state index contributed by atoms with van der Waals surface area (Å²) >= 11 is 0. The Labute approximate surface area is 172 Å². The Balaban J connectivity index is 2.08. The molecule has 1 aliphatic carbocycles. The fourth-order valence-corrected chi connectivity index (χ4v) is 3.56. The molecule has 3 N–H and O–H groups in total. The number of fused-ring (bicyclic) bond motifs is 2. The Morgan fingerprint density at radius 2 is 1.83 bits per heavy atom. The lowest BCUT2D eigenvalue weighted by atomic mass is 9.91. The molecule has 6 nitrogen and oxygen atoms in total. The van der Waals surface area contributed by atoms with Crippen molar-refractivity contribution in [3.8, 4) is 28.2 Å². The number of carbonyl (C=O) groups is 2. The molecule has 0 atom stereocenters. The quantitative estimate of drug-likeness (QED) is 0.220. The molecular formula is C24H20N2O4. The smallest absolute Gasteiger partial charge is 0.298 e. The highest BCUT2D eigenvalue weighted by Crippen LogP contribution is 2.43. The molecule has 0 fully saturated rings. The van der Waals surface area contributed by atoms with E-state index in [1.807, 2.05) is 19.9 Å². The van der Waals surface area contributed by atoms with E-state index in [0.29, 0.717) is 40.0 Å². The predicted octanol–water partition coefficient (Wildman–Crippen LogP) is 4.64. The summed E-state index contributed by atoms with van der Waals surface area (Å²) in [7, 11) is 0. The Kier molecular flexibility index (Phi) is 4.83. The van der Waals surface area contributed by atoms with Crippen molar-refractivity contribution in [2.24, 2.45) is 5.92 Å². The molecule has 0 bridgehead atoms. The van der Waals surface area contributed by atoms with Gasteiger partial charge < -0.3 is 20.3 Å². The zero-order valence-corrected chi connectivity index (χ0v) is 16.6. The number of rotatable bonds is 5. The lowest BCUT2D eigenvalue weighted by Crippen LogP contribution is -2.08. The number of benzene rings is 3. The van der Waals surface area contributed by atoms with E-state index in [2.05, 4.69) is 0 Å². The third-order valence-corrected chi connectivity index (χ3v) is 4.98. The number of nitrogen functional groups attached to an aromatic ring is 1. The van der Waals surface area contributed by atoms with Crippen molar-refractivity contribution in [1.82, 2.24) is 0 Å². The van der Waals surface area contributed by atoms with Gasteiger partial charge in [0.25, 0.3) is 6.47 Å². The van der Waals surface area contributed by atoms with E-state index < -0.39 is 0 Å². The van der Waals surface area contributed by atoms with E-state index in [-0.39, 0.29) is 17.5 Å². The van der Waals surface area contributed by atoms with Gasteiger partial charge in [-0.05, 0) is 36.4 Å². The monoisotopic (exact) mass is 400 g/mol. The summed E-state index contributed by atoms with van der Waals surface area (Å²) in [5.74, 6) is 0.560. The molecule has 0 saturated heterocycles. The average Bonchev–Trinajstić information content (AvgIpc) is 2.71. The zero-order chi connectivity index (χ0) is 21.4. The second-order valence-electron chi connectivity index (χ2n) is 7.39. The molecular weight excluding hydrogens is 380 g/mol. The van der Waals surface area contributed by atoms with E-state index in [1.54, 1.807) is 48.5 Å². The number of carbonyl (C=O) groups excluding carboxylic acids is 2. The van der Waals surface area contributed by atoms with E-state index in [9.17, 15) is 9.59 Å². The topological polar surface area (TPSA) is 106 Å². The summed E-state index contributed by atoms with van der Waals surface area (Å²) in [5, 5.41) is 9.01. The summed E-state index contributed by atoms with van der Waals surface area (Å²) in [6.45, 7) is 3.98. The molecule has 1 heterocycles. The van der Waals surface area contributed by atoms with Crippen LogP contribution in [-0.4, -0.2) is 12.3 Å². The molecule has 0 amide bonds. The van der Waals surface area contributed by atoms with E-state index in [0.717, 1.165) is 16.5 Å². The van der Waals surface area contributed by atoms with Crippen molar-refractivity contribution >= 4 is 28.9 Å². The van der Waals surface area contributed by atoms with Crippen LogP contribution in [0, 0.1) is 11.3 Å². The standard InChI is InChI=1S/C24H20N2O4/c1-13(2)24(28)14-3-6-17(20(9-14)29-12-27)23-18-7-4-15(25)10-21(18)30-22-11-16(26)5-8-19(22)23/h3-13,25H,26H2,1-2H3. The van der Waals surface area contributed by atoms with Gasteiger partial charge in [0.2, 0.25) is 0 Å². The van der Waals surface area contributed by atoms with Crippen LogP contribution in [0.2, 0.25) is 0 Å². The molecule has 0 unspecified atom stereocenters. The first-order valence-corrected chi connectivity index (χ1v) is 9.48. The minimum absolute atomic E-state index is 0.0401. The normalized spacial score (nSPS) is 11.2. The lowest BCUT2D eigenvalue weighted by Gasteiger charge is -2.18. The van der Waals surface area contributed by atoms with Gasteiger partial charge in [0, 0.05) is 51.4 Å². The number of anilines is 1. The van der Waals surface area contributed by atoms with E-state index >= 15 is 0 Å². The average molecular weight is 400 g/mol. The maximum atomic E-state index is 12.5. The van der Waals surface area contributed by atoms with E-state index in [1.165, 1.54) is 0 Å². The van der Waals surface area contributed by atoms with Crippen molar-refractivity contribution in [1.29, 1.82) is 5.41 Å². The van der Waals surface area contributed by atoms with Gasteiger partial charge >= 0.3 is 0 Å². The van der Waals surface area contributed by atoms with Gasteiger partial charge in [-0.3, -0.25) is 9.59 Å². The number of ketones is 1. The fraction of sp³-hybridized carbons (Fsp3) is 0.125. The Hall–Kier alpha value is -3.93. The van der Waals surface area contributed by atoms with Crippen molar-refractivity contribution in [2.75, 3.05) is 5.73 Å². The minimum Gasteiger partial charge on any atom is -0.456 e. The van der Waals surface area contributed by atoms with Crippen molar-refractivity contribution in [2.45, 2.75) is 13.8 Å². The molecule has 30 heavy (non-hydrogen) atoms. The molecule has 1 aliphatic heterocycles. The molecule has 0 radical (unpaired) electrons. The number of hydrogen-bond acceptors (Lipinski definition) is 6. The maximum absolute atomic E-state index is 12.5. The highest BCUT2D eigenvalue weighted by atomic mass is 16.5. The van der Waals surface area contributed by atoms with Crippen LogP contribution in [0.25, 0.3) is 33.4 Å². The molecule has 6 heteroatoms. The molecule has 4 rings (SSSR count). The molecule has 0 saturated carbocycles. The van der Waals surface area contributed by atoms with Crippen LogP contribution in [0.3, 0.4) is 0 Å². The molecule has 150 valence electrons. The first kappa shape index (κ1) is 19.4. The highest BCUT2D eigenvalue weighted by molar-refractivity contribution is 6.05. The Morgan fingerprint density at radius 3 is 2.57 bits per heavy atom. The van der Waals surface area contributed by atoms with Crippen LogP contribution < -0.4 is 15.8 Å². The van der Waals surface area contributed by atoms with Gasteiger partial charge in [-0.2, -0.15) is 0 Å². The van der Waals surface area contributed by atoms with Crippen molar-refractivity contribution in [3.63, 3.8) is 0 Å². The van der Waals surface area contributed by atoms with Gasteiger partial charge in [-0.1, -0.05) is 19.9 Å². The predicted molar refractivity (Wildman–Crippen MR) is 114 cm³/mol. The summed E-state index contributed by atoms with van der Waals surface area (Å²) < 4.78 is 11.3. The number of nitrogens with two attached hydrogens (primary N) is 1. The molecule has 2 aromatic carbocycles. The Bertz CT molecular complexity index is 1320. The number of hydrogen-bond donors (Lipinski definition) is 2. The van der Waals surface area contributed by atoms with Crippen LogP contribution in [-0.2, 0) is 4.79 Å². The van der Waals surface area contributed by atoms with Crippen LogP contribution in [0.15, 0.2) is 59.0 Å². The van der Waals surface area contributed by atoms with Gasteiger partial charge in [0.1, 0.15) is 17.1 Å². The molecule has 2 aliphatic rings. The fourth-order valence-electron chi connectivity index (χ4n) is 3.56. The van der Waals surface area contributed by atoms with Gasteiger partial charge in [0.15, 0.2) is 5.78 Å². The lowest BCUT2D eigenvalue weighted by molar-refractivity contribution is -0.120. The second-order valence-corrected chi connectivity index (χ2v) is 7.39. The maximum Gasteiger partial charge on any atom is 0.298 e. The summed E-state index contributed by atoms with van der Waals surface area (Å²) in [6.07, 6.45) is 0. The first-order valence-electron chi connectivity index (χ1n) is 9.48. The first-order chi connectivity index (χ1) is 14.4. The summed E-state index contributed by atoms with van der Waals surface area (Å²) in [5.41, 5.74) is 9.65. The zero-order valence-electron chi connectivity index (χ0n) is 16.6. The number of Topliss-reactive ketones (excluding diaryl/α,β-unsaturated/α-hetero) is 1. The number of nitrogens with one attached hydrogen (secondary N) is 1. The van der Waals surface area contributed by atoms with E-state index in [4.69, 9.17) is 20.3 Å². The van der Waals surface area contributed by atoms with Gasteiger partial charge in [-0.25, -0.2) is 0 Å². The SMILES string of the molecule is CC(C)C(=O)c1ccc(-c2c3ccc(=N)cc-3oc3cc(N)ccc23)c(OC=O)c1. The van der Waals surface area contributed by atoms with Crippen LogP contribution in [0.4, 0.5) is 5.69 Å². The third kappa shape index (κ3) is 3.33. The van der Waals surface area contributed by atoms with Gasteiger partial charge in [0.05, 0.1) is 5.36 Å². The third-order valence-electron chi connectivity index (χ3n) is 4.98. The van der Waals surface area contributed by atoms with Crippen molar-refractivity contribution in [3.05, 3.63) is 65.5 Å². The molecule has 0 aromatic heterocycles. The van der Waals surface area contributed by atoms with Gasteiger partial charge in [-0.15, -0.1) is 0 Å². The van der Waals surface area contributed by atoms with Crippen molar-refractivity contribution < 1.29 is 18.7 Å². The molecule has 2 aromatic rings. The highest BCUT2D eigenvalue weighted by Gasteiger charge is 2.21. The number of ether oxygens (including phenoxy) is 1. The summed E-state index contributed by atoms with van der Waals surface area (Å²) in [4.78, 5) is 23.7. The second kappa shape index (κ2) is 7.48. The van der Waals surface area contributed by atoms with Crippen LogP contribution in [0.5, 0.6) is 5.75 Å². The Morgan fingerprint density at radius 1 is 1.07 bits per heavy atom. The van der Waals surface area contributed by atoms with Crippen LogP contribution >= 0.6 is 0 Å². The minimum atomic E-state index is -0.185.